The molecule has 0 fully saturated rings. The monoisotopic (exact) mass is 238 g/mol. The number of halogens is 1. The molecule has 17 heavy (non-hydrogen) atoms. The van der Waals surface area contributed by atoms with E-state index in [9.17, 15) is 4.39 Å². The zero-order valence-corrected chi connectivity index (χ0v) is 9.70. The second-order valence-corrected chi connectivity index (χ2v) is 3.21. The predicted molar refractivity (Wildman–Crippen MR) is 63.0 cm³/mol. The summed E-state index contributed by atoms with van der Waals surface area (Å²) in [5.74, 6) is 6.54. The maximum atomic E-state index is 12.0. The van der Waals surface area contributed by atoms with Crippen molar-refractivity contribution in [3.8, 4) is 23.3 Å². The Balaban J connectivity index is 2.86. The molecule has 0 aromatic heterocycles. The molecule has 0 heterocycles. The molecule has 0 aliphatic carbocycles. The highest BCUT2D eigenvalue weighted by molar-refractivity contribution is 5.50. The molecule has 0 aliphatic heterocycles. The standard InChI is InChI=1S/C13H15FO3/c1-16-12-5-6-13(17-9-3-7-14)11(10-12)4-2-8-15/h5-6,10,15H,3,7-9H2,1H3. The van der Waals surface area contributed by atoms with Crippen molar-refractivity contribution in [2.75, 3.05) is 27.0 Å². The molecule has 0 spiro atoms. The van der Waals surface area contributed by atoms with Crippen molar-refractivity contribution in [2.45, 2.75) is 6.42 Å². The third-order valence-electron chi connectivity index (χ3n) is 2.02. The molecular formula is C13H15FO3. The number of benzene rings is 1. The number of aliphatic hydroxyl groups excluding tert-OH is 1. The van der Waals surface area contributed by atoms with Crippen LogP contribution in [0.15, 0.2) is 18.2 Å². The van der Waals surface area contributed by atoms with E-state index in [0.29, 0.717) is 30.1 Å². The summed E-state index contributed by atoms with van der Waals surface area (Å²) in [4.78, 5) is 0. The van der Waals surface area contributed by atoms with Gasteiger partial charge in [-0.05, 0) is 18.2 Å². The van der Waals surface area contributed by atoms with Crippen LogP contribution in [0.3, 0.4) is 0 Å². The van der Waals surface area contributed by atoms with Crippen molar-refractivity contribution >= 4 is 0 Å². The zero-order valence-electron chi connectivity index (χ0n) is 9.70. The summed E-state index contributed by atoms with van der Waals surface area (Å²) in [5.41, 5.74) is 0.622. The lowest BCUT2D eigenvalue weighted by Crippen LogP contribution is -2.00. The number of methoxy groups -OCH3 is 1. The fraction of sp³-hybridized carbons (Fsp3) is 0.385. The fourth-order valence-electron chi connectivity index (χ4n) is 1.23. The molecule has 0 atom stereocenters. The predicted octanol–water partition coefficient (Wildman–Crippen LogP) is 1.78. The van der Waals surface area contributed by atoms with Crippen LogP contribution in [0.1, 0.15) is 12.0 Å². The van der Waals surface area contributed by atoms with E-state index in [4.69, 9.17) is 14.6 Å². The van der Waals surface area contributed by atoms with Crippen LogP contribution in [0.2, 0.25) is 0 Å². The molecule has 1 aromatic carbocycles. The van der Waals surface area contributed by atoms with Gasteiger partial charge in [-0.15, -0.1) is 0 Å². The topological polar surface area (TPSA) is 38.7 Å². The van der Waals surface area contributed by atoms with Gasteiger partial charge in [-0.3, -0.25) is 4.39 Å². The van der Waals surface area contributed by atoms with E-state index in [2.05, 4.69) is 11.8 Å². The molecule has 0 saturated heterocycles. The van der Waals surface area contributed by atoms with Gasteiger partial charge in [-0.25, -0.2) is 0 Å². The number of ether oxygens (including phenoxy) is 2. The normalized spacial score (nSPS) is 9.35. The quantitative estimate of drug-likeness (QED) is 0.627. The van der Waals surface area contributed by atoms with Gasteiger partial charge in [0.2, 0.25) is 0 Å². The highest BCUT2D eigenvalue weighted by Gasteiger charge is 2.03. The Morgan fingerprint density at radius 2 is 2.24 bits per heavy atom. The third-order valence-corrected chi connectivity index (χ3v) is 2.02. The molecule has 0 aliphatic rings. The first-order chi connectivity index (χ1) is 8.31. The lowest BCUT2D eigenvalue weighted by atomic mass is 10.2. The van der Waals surface area contributed by atoms with Gasteiger partial charge >= 0.3 is 0 Å². The van der Waals surface area contributed by atoms with E-state index in [1.54, 1.807) is 25.3 Å². The number of aliphatic hydroxyl groups is 1. The Morgan fingerprint density at radius 3 is 2.88 bits per heavy atom. The number of hydrogen-bond donors (Lipinski definition) is 1. The Bertz CT molecular complexity index is 407. The minimum absolute atomic E-state index is 0.221. The van der Waals surface area contributed by atoms with Crippen molar-refractivity contribution < 1.29 is 19.0 Å². The van der Waals surface area contributed by atoms with Gasteiger partial charge in [0.1, 0.15) is 18.1 Å². The average Bonchev–Trinajstić information content (AvgIpc) is 2.37. The van der Waals surface area contributed by atoms with Crippen molar-refractivity contribution in [1.82, 2.24) is 0 Å². The van der Waals surface area contributed by atoms with Crippen molar-refractivity contribution in [1.29, 1.82) is 0 Å². The van der Waals surface area contributed by atoms with Gasteiger partial charge in [-0.2, -0.15) is 0 Å². The molecule has 0 radical (unpaired) electrons. The van der Waals surface area contributed by atoms with Gasteiger partial charge in [0.25, 0.3) is 0 Å². The smallest absolute Gasteiger partial charge is 0.135 e. The first kappa shape index (κ1) is 13.3. The van der Waals surface area contributed by atoms with Crippen LogP contribution in [-0.4, -0.2) is 32.1 Å². The molecule has 3 nitrogen and oxygen atoms in total. The summed E-state index contributed by atoms with van der Waals surface area (Å²) in [7, 11) is 1.56. The summed E-state index contributed by atoms with van der Waals surface area (Å²) in [5, 5.41) is 8.66. The van der Waals surface area contributed by atoms with Gasteiger partial charge in [0.15, 0.2) is 0 Å². The SMILES string of the molecule is COc1ccc(OCCCF)c(C#CCO)c1. The lowest BCUT2D eigenvalue weighted by Gasteiger charge is -2.08. The number of hydrogen-bond acceptors (Lipinski definition) is 3. The summed E-state index contributed by atoms with van der Waals surface area (Å²) in [6, 6.07) is 5.18. The lowest BCUT2D eigenvalue weighted by molar-refractivity contribution is 0.288. The Hall–Kier alpha value is -1.73. The van der Waals surface area contributed by atoms with E-state index in [-0.39, 0.29) is 6.61 Å². The summed E-state index contributed by atoms with van der Waals surface area (Å²) in [6.07, 6.45) is 0.346. The molecule has 0 saturated carbocycles. The Morgan fingerprint density at radius 1 is 1.41 bits per heavy atom. The minimum Gasteiger partial charge on any atom is -0.497 e. The van der Waals surface area contributed by atoms with E-state index in [1.807, 2.05) is 0 Å². The fourth-order valence-corrected chi connectivity index (χ4v) is 1.23. The van der Waals surface area contributed by atoms with Crippen LogP contribution in [-0.2, 0) is 0 Å². The molecule has 0 amide bonds. The van der Waals surface area contributed by atoms with E-state index in [1.165, 1.54) is 0 Å². The molecule has 92 valence electrons. The number of alkyl halides is 1. The van der Waals surface area contributed by atoms with E-state index >= 15 is 0 Å². The second kappa shape index (κ2) is 7.53. The first-order valence-corrected chi connectivity index (χ1v) is 5.28. The largest absolute Gasteiger partial charge is 0.497 e. The molecule has 4 heteroatoms. The zero-order chi connectivity index (χ0) is 12.5. The van der Waals surface area contributed by atoms with Crippen molar-refractivity contribution in [3.05, 3.63) is 23.8 Å². The maximum absolute atomic E-state index is 12.0. The van der Waals surface area contributed by atoms with Gasteiger partial charge < -0.3 is 14.6 Å². The van der Waals surface area contributed by atoms with Crippen molar-refractivity contribution in [2.24, 2.45) is 0 Å². The van der Waals surface area contributed by atoms with Gasteiger partial charge in [-0.1, -0.05) is 11.8 Å². The van der Waals surface area contributed by atoms with Crippen LogP contribution in [0.4, 0.5) is 4.39 Å². The molecular weight excluding hydrogens is 223 g/mol. The highest BCUT2D eigenvalue weighted by atomic mass is 19.1. The summed E-state index contributed by atoms with van der Waals surface area (Å²) >= 11 is 0. The Labute approximate surface area is 100 Å². The minimum atomic E-state index is -0.409. The van der Waals surface area contributed by atoms with E-state index in [0.717, 1.165) is 0 Å². The van der Waals surface area contributed by atoms with Crippen molar-refractivity contribution in [3.63, 3.8) is 0 Å². The molecule has 0 bridgehead atoms. The van der Waals surface area contributed by atoms with Gasteiger partial charge in [0.05, 0.1) is 26.0 Å². The first-order valence-electron chi connectivity index (χ1n) is 5.28. The van der Waals surface area contributed by atoms with Crippen LogP contribution in [0.5, 0.6) is 11.5 Å². The maximum Gasteiger partial charge on any atom is 0.135 e. The number of rotatable bonds is 5. The van der Waals surface area contributed by atoms with Crippen LogP contribution < -0.4 is 9.47 Å². The second-order valence-electron chi connectivity index (χ2n) is 3.21. The van der Waals surface area contributed by atoms with E-state index < -0.39 is 6.67 Å². The highest BCUT2D eigenvalue weighted by Crippen LogP contribution is 2.23. The average molecular weight is 238 g/mol. The molecule has 1 aromatic rings. The molecule has 1 N–H and O–H groups in total. The molecule has 1 rings (SSSR count). The third kappa shape index (κ3) is 4.33. The Kier molecular flexibility index (Phi) is 5.91. The summed E-state index contributed by atoms with van der Waals surface area (Å²) < 4.78 is 22.4. The van der Waals surface area contributed by atoms with Crippen LogP contribution in [0.25, 0.3) is 0 Å². The summed E-state index contributed by atoms with van der Waals surface area (Å²) in [6.45, 7) is -0.328. The molecule has 0 unspecified atom stereocenters. The van der Waals surface area contributed by atoms with Crippen LogP contribution >= 0.6 is 0 Å². The van der Waals surface area contributed by atoms with Crippen LogP contribution in [0, 0.1) is 11.8 Å². The van der Waals surface area contributed by atoms with Gasteiger partial charge in [0, 0.05) is 6.42 Å².